The van der Waals surface area contributed by atoms with E-state index in [2.05, 4.69) is 57.2 Å². The van der Waals surface area contributed by atoms with E-state index in [9.17, 15) is 0 Å². The van der Waals surface area contributed by atoms with E-state index >= 15 is 0 Å². The Balaban J connectivity index is 2.42. The Bertz CT molecular complexity index is 322. The lowest BCUT2D eigenvalue weighted by Gasteiger charge is -2.41. The first-order chi connectivity index (χ1) is 7.72. The number of hydrogen-bond acceptors (Lipinski definition) is 3. The summed E-state index contributed by atoms with van der Waals surface area (Å²) in [6.45, 7) is 10.8. The number of nitrogens with two attached hydrogens (primary N) is 1. The Morgan fingerprint density at radius 1 is 1.29 bits per heavy atom. The molecule has 1 aromatic heterocycles. The molecule has 1 rings (SSSR count). The molecule has 2 nitrogen and oxygen atoms in total. The molecule has 1 aromatic rings. The smallest absolute Gasteiger partial charge is 0.0161 e. The number of hydrogen-bond donors (Lipinski definition) is 1. The van der Waals surface area contributed by atoms with Crippen LogP contribution in [0.25, 0.3) is 0 Å². The van der Waals surface area contributed by atoms with Crippen molar-refractivity contribution in [3.8, 4) is 0 Å². The quantitative estimate of drug-likeness (QED) is 0.845. The van der Waals surface area contributed by atoms with Crippen LogP contribution in [0.1, 0.15) is 32.6 Å². The molecule has 0 bridgehead atoms. The lowest BCUT2D eigenvalue weighted by molar-refractivity contribution is 0.131. The van der Waals surface area contributed by atoms with Gasteiger partial charge in [-0.1, -0.05) is 19.9 Å². The normalized spacial score (nSPS) is 13.4. The van der Waals surface area contributed by atoms with Crippen molar-refractivity contribution in [2.75, 3.05) is 20.1 Å². The van der Waals surface area contributed by atoms with Gasteiger partial charge in [0.05, 0.1) is 0 Å². The van der Waals surface area contributed by atoms with E-state index in [0.717, 1.165) is 19.5 Å². The molecule has 0 amide bonds. The number of thiophene rings is 1. The molecule has 0 radical (unpaired) electrons. The van der Waals surface area contributed by atoms with E-state index in [1.807, 2.05) is 11.3 Å². The van der Waals surface area contributed by atoms with Crippen molar-refractivity contribution in [3.63, 3.8) is 0 Å². The Morgan fingerprint density at radius 2 is 1.94 bits per heavy atom. The number of nitrogens with zero attached hydrogens (tertiary/aromatic N) is 1. The van der Waals surface area contributed by atoms with Crippen LogP contribution in [-0.4, -0.2) is 30.6 Å². The highest BCUT2D eigenvalue weighted by molar-refractivity contribution is 7.09. The fourth-order valence-corrected chi connectivity index (χ4v) is 2.41. The third-order valence-corrected chi connectivity index (χ3v) is 4.67. The summed E-state index contributed by atoms with van der Waals surface area (Å²) in [4.78, 5) is 3.84. The number of likely N-dealkylation sites (N-methyl/N-ethyl adjacent to an activating group) is 1. The van der Waals surface area contributed by atoms with Crippen LogP contribution in [0.15, 0.2) is 17.5 Å². The van der Waals surface area contributed by atoms with Crippen LogP contribution >= 0.6 is 11.3 Å². The Hall–Kier alpha value is -0.380. The summed E-state index contributed by atoms with van der Waals surface area (Å²) in [7, 11) is 2.18. The van der Waals surface area contributed by atoms with Gasteiger partial charge in [-0.3, -0.25) is 0 Å². The SMILES string of the molecule is CN(CCc1cccs1)CC(C)(C)C(C)(C)N. The van der Waals surface area contributed by atoms with Crippen molar-refractivity contribution < 1.29 is 0 Å². The molecule has 3 heteroatoms. The molecule has 0 aliphatic carbocycles. The summed E-state index contributed by atoms with van der Waals surface area (Å²) in [5, 5.41) is 2.14. The van der Waals surface area contributed by atoms with Gasteiger partial charge in [0, 0.05) is 23.5 Å². The monoisotopic (exact) mass is 254 g/mol. The first kappa shape index (κ1) is 14.7. The third-order valence-electron chi connectivity index (χ3n) is 3.73. The zero-order chi connectivity index (χ0) is 13.1. The maximum absolute atomic E-state index is 6.23. The fraction of sp³-hybridized carbons (Fsp3) is 0.714. The summed E-state index contributed by atoms with van der Waals surface area (Å²) in [5.74, 6) is 0. The van der Waals surface area contributed by atoms with E-state index in [0.29, 0.717) is 0 Å². The molecule has 0 unspecified atom stereocenters. The molecule has 0 spiro atoms. The molecule has 98 valence electrons. The molecule has 0 saturated carbocycles. The summed E-state index contributed by atoms with van der Waals surface area (Å²) >= 11 is 1.84. The highest BCUT2D eigenvalue weighted by Crippen LogP contribution is 2.28. The highest BCUT2D eigenvalue weighted by atomic mass is 32.1. The first-order valence-electron chi connectivity index (χ1n) is 6.22. The predicted molar refractivity (Wildman–Crippen MR) is 77.6 cm³/mol. The zero-order valence-electron chi connectivity index (χ0n) is 11.8. The van der Waals surface area contributed by atoms with E-state index in [1.54, 1.807) is 0 Å². The fourth-order valence-electron chi connectivity index (χ4n) is 1.71. The molecular weight excluding hydrogens is 228 g/mol. The van der Waals surface area contributed by atoms with Gasteiger partial charge in [0.2, 0.25) is 0 Å². The summed E-state index contributed by atoms with van der Waals surface area (Å²) < 4.78 is 0. The lowest BCUT2D eigenvalue weighted by Crippen LogP contribution is -2.52. The van der Waals surface area contributed by atoms with E-state index in [-0.39, 0.29) is 11.0 Å². The van der Waals surface area contributed by atoms with Crippen molar-refractivity contribution in [3.05, 3.63) is 22.4 Å². The van der Waals surface area contributed by atoms with Crippen LogP contribution in [0.5, 0.6) is 0 Å². The Kier molecular flexibility index (Phi) is 4.76. The van der Waals surface area contributed by atoms with Gasteiger partial charge in [0.1, 0.15) is 0 Å². The van der Waals surface area contributed by atoms with Gasteiger partial charge in [0.15, 0.2) is 0 Å². The van der Waals surface area contributed by atoms with Crippen LogP contribution in [0.3, 0.4) is 0 Å². The number of rotatable bonds is 6. The van der Waals surface area contributed by atoms with Gasteiger partial charge in [0.25, 0.3) is 0 Å². The van der Waals surface area contributed by atoms with Gasteiger partial charge in [-0.15, -0.1) is 11.3 Å². The maximum atomic E-state index is 6.23. The second-order valence-corrected chi connectivity index (χ2v) is 7.20. The minimum absolute atomic E-state index is 0.122. The molecule has 0 aliphatic heterocycles. The van der Waals surface area contributed by atoms with Crippen molar-refractivity contribution in [1.29, 1.82) is 0 Å². The average Bonchev–Trinajstić information content (AvgIpc) is 2.64. The van der Waals surface area contributed by atoms with E-state index in [1.165, 1.54) is 4.88 Å². The molecule has 0 saturated heterocycles. The third kappa shape index (κ3) is 4.41. The van der Waals surface area contributed by atoms with Crippen molar-refractivity contribution >= 4 is 11.3 Å². The van der Waals surface area contributed by atoms with Crippen LogP contribution in [0.2, 0.25) is 0 Å². The molecule has 0 aliphatic rings. The minimum atomic E-state index is -0.149. The minimum Gasteiger partial charge on any atom is -0.325 e. The van der Waals surface area contributed by atoms with Gasteiger partial charge >= 0.3 is 0 Å². The van der Waals surface area contributed by atoms with E-state index in [4.69, 9.17) is 5.73 Å². The molecule has 0 fully saturated rings. The standard InChI is InChI=1S/C14H26N2S/c1-13(2,14(3,4)15)11-16(5)9-8-12-7-6-10-17-12/h6-7,10H,8-9,11,15H2,1-5H3. The topological polar surface area (TPSA) is 29.3 Å². The van der Waals surface area contributed by atoms with Gasteiger partial charge in [-0.2, -0.15) is 0 Å². The Labute approximate surface area is 110 Å². The lowest BCUT2D eigenvalue weighted by atomic mass is 9.75. The molecule has 2 N–H and O–H groups in total. The summed E-state index contributed by atoms with van der Waals surface area (Å²) in [6.07, 6.45) is 1.13. The zero-order valence-corrected chi connectivity index (χ0v) is 12.6. The average molecular weight is 254 g/mol. The maximum Gasteiger partial charge on any atom is 0.0161 e. The van der Waals surface area contributed by atoms with Crippen LogP contribution in [0, 0.1) is 5.41 Å². The largest absolute Gasteiger partial charge is 0.325 e. The van der Waals surface area contributed by atoms with Crippen molar-refractivity contribution in [2.24, 2.45) is 11.1 Å². The summed E-state index contributed by atoms with van der Waals surface area (Å²) in [6, 6.07) is 4.32. The molecule has 0 atom stereocenters. The van der Waals surface area contributed by atoms with Gasteiger partial charge in [-0.05, 0) is 44.2 Å². The second-order valence-electron chi connectivity index (χ2n) is 6.17. The Morgan fingerprint density at radius 3 is 2.41 bits per heavy atom. The molecule has 0 aromatic carbocycles. The highest BCUT2D eigenvalue weighted by Gasteiger charge is 2.34. The predicted octanol–water partition coefficient (Wildman–Crippen LogP) is 2.99. The van der Waals surface area contributed by atoms with Crippen molar-refractivity contribution in [1.82, 2.24) is 4.90 Å². The molecular formula is C14H26N2S. The van der Waals surface area contributed by atoms with Crippen LogP contribution in [0.4, 0.5) is 0 Å². The van der Waals surface area contributed by atoms with Gasteiger partial charge in [-0.25, -0.2) is 0 Å². The second kappa shape index (κ2) is 5.51. The first-order valence-corrected chi connectivity index (χ1v) is 7.10. The van der Waals surface area contributed by atoms with Crippen molar-refractivity contribution in [2.45, 2.75) is 39.7 Å². The van der Waals surface area contributed by atoms with Crippen LogP contribution < -0.4 is 5.73 Å². The van der Waals surface area contributed by atoms with E-state index < -0.39 is 0 Å². The van der Waals surface area contributed by atoms with Crippen LogP contribution in [-0.2, 0) is 6.42 Å². The summed E-state index contributed by atoms with van der Waals surface area (Å²) in [5.41, 5.74) is 6.20. The van der Waals surface area contributed by atoms with Gasteiger partial charge < -0.3 is 10.6 Å². The molecule has 1 heterocycles. The molecule has 17 heavy (non-hydrogen) atoms.